The van der Waals surface area contributed by atoms with Gasteiger partial charge in [0.1, 0.15) is 0 Å². The lowest BCUT2D eigenvalue weighted by Gasteiger charge is -2.61. The van der Waals surface area contributed by atoms with Crippen molar-refractivity contribution in [3.8, 4) is 55.6 Å². The van der Waals surface area contributed by atoms with Crippen LogP contribution in [0.2, 0.25) is 0 Å². The quantitative estimate of drug-likeness (QED) is 0.161. The van der Waals surface area contributed by atoms with Gasteiger partial charge in [-0.25, -0.2) is 0 Å². The molecule has 1 nitrogen and oxygen atoms in total. The molecule has 1 heteroatoms. The summed E-state index contributed by atoms with van der Waals surface area (Å²) in [4.78, 5) is 2.73. The topological polar surface area (TPSA) is 3.24 Å². The van der Waals surface area contributed by atoms with Gasteiger partial charge < -0.3 is 4.90 Å². The summed E-state index contributed by atoms with van der Waals surface area (Å²) in [5, 5.41) is 0. The van der Waals surface area contributed by atoms with E-state index in [-0.39, 0.29) is 5.41 Å². The van der Waals surface area contributed by atoms with Crippen molar-refractivity contribution in [2.45, 2.75) is 55.8 Å². The summed E-state index contributed by atoms with van der Waals surface area (Å²) >= 11 is 0. The van der Waals surface area contributed by atoms with Gasteiger partial charge in [-0.15, -0.1) is 0 Å². The largest absolute Gasteiger partial charge is 0.310 e. The minimum atomic E-state index is -0.552. The standard InChI is InChI=1S/C73H57N/c1-3-18-49(19-4-1)57-23-8-9-24-58(57)52-36-39-65-53(45-52)35-34-51-22-7-13-29-64(51)73(65)67-31-15-10-26-60(67)62-38-37-56(46-68(62)73)74(69-32-16-12-25-59(69)50-20-5-2-6-21-50)70-33-17-28-63-61-27-11-14-30-66(61)72(71(63)70)54-41-47-40-48(43-54)44-55(72)42-47/h1-33,36-39,45-48,54-55H,34-35,40-44H2. The molecule has 0 heterocycles. The Bertz CT molecular complexity index is 3850. The van der Waals surface area contributed by atoms with E-state index in [1.807, 2.05) is 0 Å². The van der Waals surface area contributed by atoms with Crippen LogP contribution in [0.5, 0.6) is 0 Å². The minimum Gasteiger partial charge on any atom is -0.310 e. The summed E-state index contributed by atoms with van der Waals surface area (Å²) in [5.41, 5.74) is 27.8. The normalized spacial score (nSPS) is 22.9. The van der Waals surface area contributed by atoms with Gasteiger partial charge in [0.15, 0.2) is 0 Å². The summed E-state index contributed by atoms with van der Waals surface area (Å²) in [7, 11) is 0. The first-order valence-electron chi connectivity index (χ1n) is 27.5. The second-order valence-corrected chi connectivity index (χ2v) is 22.6. The fourth-order valence-corrected chi connectivity index (χ4v) is 16.8. The summed E-state index contributed by atoms with van der Waals surface area (Å²) in [6, 6.07) is 91.1. The molecular weight excluding hydrogens is 891 g/mol. The Balaban J connectivity index is 0.969. The molecule has 10 aromatic rings. The Labute approximate surface area is 435 Å². The fraction of sp³-hybridized carbons (Fsp3) is 0.178. The van der Waals surface area contributed by atoms with Crippen molar-refractivity contribution >= 4 is 17.1 Å². The Morgan fingerprint density at radius 3 is 1.55 bits per heavy atom. The molecule has 1 unspecified atom stereocenters. The first-order chi connectivity index (χ1) is 36.7. The first kappa shape index (κ1) is 42.5. The van der Waals surface area contributed by atoms with E-state index in [0.717, 1.165) is 24.7 Å². The van der Waals surface area contributed by atoms with Gasteiger partial charge in [0.25, 0.3) is 0 Å². The van der Waals surface area contributed by atoms with Crippen molar-refractivity contribution in [1.29, 1.82) is 0 Å². The Morgan fingerprint density at radius 1 is 0.311 bits per heavy atom. The number of nitrogens with zero attached hydrogens (tertiary/aromatic N) is 1. The first-order valence-corrected chi connectivity index (χ1v) is 27.5. The van der Waals surface area contributed by atoms with Crippen LogP contribution >= 0.6 is 0 Å². The summed E-state index contributed by atoms with van der Waals surface area (Å²) < 4.78 is 0. The molecule has 0 saturated heterocycles. The van der Waals surface area contributed by atoms with E-state index in [2.05, 4.69) is 241 Å². The predicted octanol–water partition coefficient (Wildman–Crippen LogP) is 18.3. The van der Waals surface area contributed by atoms with Gasteiger partial charge in [-0.2, -0.15) is 0 Å². The highest BCUT2D eigenvalue weighted by Gasteiger charge is 2.62. The van der Waals surface area contributed by atoms with Crippen LogP contribution < -0.4 is 4.90 Å². The molecule has 7 aliphatic carbocycles. The number of para-hydroxylation sites is 1. The molecule has 0 aromatic heterocycles. The van der Waals surface area contributed by atoms with E-state index in [4.69, 9.17) is 0 Å². The molecule has 1 atom stereocenters. The van der Waals surface area contributed by atoms with Gasteiger partial charge in [-0.05, 0) is 187 Å². The zero-order valence-electron chi connectivity index (χ0n) is 41.7. The predicted molar refractivity (Wildman–Crippen MR) is 305 cm³/mol. The third kappa shape index (κ3) is 5.87. The Morgan fingerprint density at radius 2 is 0.824 bits per heavy atom. The number of aryl methyl sites for hydroxylation is 2. The lowest BCUT2D eigenvalue weighted by Crippen LogP contribution is -2.55. The average Bonchev–Trinajstić information content (AvgIpc) is 4.05. The van der Waals surface area contributed by atoms with E-state index in [1.165, 1.54) is 138 Å². The van der Waals surface area contributed by atoms with Crippen LogP contribution in [0.4, 0.5) is 17.1 Å². The molecule has 10 aromatic carbocycles. The monoisotopic (exact) mass is 947 g/mol. The number of rotatable bonds is 6. The van der Waals surface area contributed by atoms with Crippen LogP contribution in [0.15, 0.2) is 237 Å². The van der Waals surface area contributed by atoms with Crippen molar-refractivity contribution in [3.05, 3.63) is 281 Å². The van der Waals surface area contributed by atoms with E-state index < -0.39 is 5.41 Å². The van der Waals surface area contributed by atoms with Gasteiger partial charge in [0.2, 0.25) is 0 Å². The molecule has 0 amide bonds. The van der Waals surface area contributed by atoms with Crippen LogP contribution in [0.1, 0.15) is 76.6 Å². The van der Waals surface area contributed by atoms with Crippen LogP contribution in [-0.4, -0.2) is 0 Å². The maximum absolute atomic E-state index is 2.73. The van der Waals surface area contributed by atoms with Crippen LogP contribution in [0.3, 0.4) is 0 Å². The Kier molecular flexibility index (Phi) is 9.33. The van der Waals surface area contributed by atoms with Crippen molar-refractivity contribution in [1.82, 2.24) is 0 Å². The molecule has 74 heavy (non-hydrogen) atoms. The fourth-order valence-electron chi connectivity index (χ4n) is 16.8. The second kappa shape index (κ2) is 16.2. The smallest absolute Gasteiger partial charge is 0.0719 e. The van der Waals surface area contributed by atoms with Gasteiger partial charge >= 0.3 is 0 Å². The highest BCUT2D eigenvalue weighted by atomic mass is 15.2. The van der Waals surface area contributed by atoms with Gasteiger partial charge in [-0.3, -0.25) is 0 Å². The number of benzene rings is 10. The van der Waals surface area contributed by atoms with Crippen molar-refractivity contribution < 1.29 is 0 Å². The third-order valence-corrected chi connectivity index (χ3v) is 19.2. The van der Waals surface area contributed by atoms with Gasteiger partial charge in [0, 0.05) is 16.7 Å². The highest BCUT2D eigenvalue weighted by molar-refractivity contribution is 5.97. The van der Waals surface area contributed by atoms with E-state index in [0.29, 0.717) is 11.8 Å². The second-order valence-electron chi connectivity index (χ2n) is 22.6. The van der Waals surface area contributed by atoms with E-state index in [9.17, 15) is 0 Å². The van der Waals surface area contributed by atoms with Gasteiger partial charge in [0.05, 0.1) is 16.8 Å². The maximum Gasteiger partial charge on any atom is 0.0719 e. The molecule has 4 saturated carbocycles. The number of hydrogen-bond donors (Lipinski definition) is 0. The van der Waals surface area contributed by atoms with Crippen molar-refractivity contribution in [2.24, 2.45) is 23.7 Å². The highest BCUT2D eigenvalue weighted by Crippen LogP contribution is 2.71. The third-order valence-electron chi connectivity index (χ3n) is 19.2. The molecular formula is C73H57N. The van der Waals surface area contributed by atoms with Gasteiger partial charge in [-0.1, -0.05) is 212 Å². The molecule has 7 aliphatic rings. The molecule has 4 fully saturated rings. The summed E-state index contributed by atoms with van der Waals surface area (Å²) in [5.74, 6) is 2.98. The average molecular weight is 948 g/mol. The molecule has 0 aliphatic heterocycles. The Hall–Kier alpha value is -8.00. The number of anilines is 3. The van der Waals surface area contributed by atoms with Crippen LogP contribution in [0, 0.1) is 23.7 Å². The SMILES string of the molecule is c1ccc(-c2ccccc2-c2ccc3c(c2)CCc2ccccc2C32c3ccccc3-c3ccc(N(c4ccccc4-c4ccccc4)c4cccc5c4C4(c6ccccc6-5)C5CC6CC(C5)CC4C6)cc32)cc1. The lowest BCUT2D eigenvalue weighted by atomic mass is 9.43. The molecule has 354 valence electrons. The summed E-state index contributed by atoms with van der Waals surface area (Å²) in [6.45, 7) is 0. The minimum absolute atomic E-state index is 0.0277. The lowest BCUT2D eigenvalue weighted by molar-refractivity contribution is -0.0397. The number of hydrogen-bond acceptors (Lipinski definition) is 1. The van der Waals surface area contributed by atoms with Crippen LogP contribution in [-0.2, 0) is 23.7 Å². The molecule has 4 bridgehead atoms. The van der Waals surface area contributed by atoms with Crippen molar-refractivity contribution in [2.75, 3.05) is 4.90 Å². The van der Waals surface area contributed by atoms with E-state index in [1.54, 1.807) is 11.1 Å². The van der Waals surface area contributed by atoms with Crippen molar-refractivity contribution in [3.63, 3.8) is 0 Å². The zero-order valence-corrected chi connectivity index (χ0v) is 41.7. The molecule has 2 spiro atoms. The zero-order chi connectivity index (χ0) is 48.5. The van der Waals surface area contributed by atoms with E-state index >= 15 is 0 Å². The summed E-state index contributed by atoms with van der Waals surface area (Å²) in [6.07, 6.45) is 8.74. The molecule has 17 rings (SSSR count). The molecule has 0 N–H and O–H groups in total. The van der Waals surface area contributed by atoms with Crippen LogP contribution in [0.25, 0.3) is 55.6 Å². The molecule has 0 radical (unpaired) electrons. The maximum atomic E-state index is 2.73. The number of fused-ring (bicyclic) bond motifs is 12.